The van der Waals surface area contributed by atoms with Crippen LogP contribution in [-0.2, 0) is 10.0 Å². The number of benzene rings is 3. The summed E-state index contributed by atoms with van der Waals surface area (Å²) in [5, 5.41) is 15.5. The predicted octanol–water partition coefficient (Wildman–Crippen LogP) is 3.28. The largest absolute Gasteiger partial charge is 0.506 e. The van der Waals surface area contributed by atoms with Gasteiger partial charge in [-0.25, -0.2) is 8.42 Å². The first kappa shape index (κ1) is 20.2. The van der Waals surface area contributed by atoms with Gasteiger partial charge >= 0.3 is 0 Å². The number of phenols is 1. The Morgan fingerprint density at radius 2 is 1.10 bits per heavy atom. The molecule has 0 unspecified atom stereocenters. The lowest BCUT2D eigenvalue weighted by atomic mass is 10.1. The molecule has 0 amide bonds. The maximum Gasteiger partial charge on any atom is 0.261 e. The summed E-state index contributed by atoms with van der Waals surface area (Å²) in [5.74, 6) is -0.0856. The summed E-state index contributed by atoms with van der Waals surface area (Å²) in [4.78, 5) is 24.3. The van der Waals surface area contributed by atoms with Crippen LogP contribution in [0.1, 0.15) is 0 Å². The Morgan fingerprint density at radius 3 is 1.71 bits per heavy atom. The Labute approximate surface area is 177 Å². The number of hydrogen-bond acceptors (Lipinski definition) is 7. The normalized spacial score (nSPS) is 11.2. The van der Waals surface area contributed by atoms with Crippen molar-refractivity contribution in [1.82, 2.24) is 0 Å². The van der Waals surface area contributed by atoms with Gasteiger partial charge < -0.3 is 15.7 Å². The van der Waals surface area contributed by atoms with Gasteiger partial charge in [0, 0.05) is 0 Å². The van der Waals surface area contributed by atoms with Crippen LogP contribution < -0.4 is 26.2 Å². The van der Waals surface area contributed by atoms with E-state index >= 15 is 0 Å². The molecule has 0 atom stereocenters. The molecule has 8 nitrogen and oxygen atoms in total. The third-order valence-corrected chi connectivity index (χ3v) is 5.94. The molecule has 0 aliphatic rings. The molecule has 0 spiro atoms. The summed E-state index contributed by atoms with van der Waals surface area (Å²) >= 11 is 0. The Morgan fingerprint density at radius 1 is 0.613 bits per heavy atom. The molecule has 4 N–H and O–H groups in total. The summed E-state index contributed by atoms with van der Waals surface area (Å²) in [7, 11) is -3.86. The van der Waals surface area contributed by atoms with Gasteiger partial charge in [-0.2, -0.15) is 0 Å². The number of nitrogens with one attached hydrogen (secondary N) is 3. The SMILES string of the molecule is O=c1c(Nc2ccccc2O)c(Nc2ccccc2NS(=O)(=O)c2ccccc2)c1=O. The number of anilines is 5. The van der Waals surface area contributed by atoms with Crippen LogP contribution in [0.15, 0.2) is 93.3 Å². The maximum absolute atomic E-state index is 12.7. The molecule has 0 aliphatic heterocycles. The number of sulfonamides is 1. The van der Waals surface area contributed by atoms with Gasteiger partial charge in [0.25, 0.3) is 20.9 Å². The number of para-hydroxylation sites is 4. The van der Waals surface area contributed by atoms with Crippen molar-refractivity contribution in [1.29, 1.82) is 0 Å². The molecule has 0 aromatic heterocycles. The second kappa shape index (κ2) is 7.96. The first-order valence-corrected chi connectivity index (χ1v) is 10.7. The van der Waals surface area contributed by atoms with Crippen molar-refractivity contribution in [3.05, 3.63) is 99.3 Å². The minimum Gasteiger partial charge on any atom is -0.506 e. The molecule has 0 radical (unpaired) electrons. The highest BCUT2D eigenvalue weighted by molar-refractivity contribution is 7.92. The molecule has 0 bridgehead atoms. The van der Waals surface area contributed by atoms with E-state index in [1.54, 1.807) is 54.6 Å². The van der Waals surface area contributed by atoms with Crippen molar-refractivity contribution < 1.29 is 13.5 Å². The predicted molar refractivity (Wildman–Crippen MR) is 120 cm³/mol. The number of aromatic hydroxyl groups is 1. The fourth-order valence-corrected chi connectivity index (χ4v) is 4.06. The van der Waals surface area contributed by atoms with Crippen LogP contribution in [0.5, 0.6) is 5.75 Å². The van der Waals surface area contributed by atoms with Gasteiger partial charge in [0.05, 0.1) is 22.0 Å². The first-order valence-electron chi connectivity index (χ1n) is 9.19. The first-order chi connectivity index (χ1) is 14.9. The van der Waals surface area contributed by atoms with Gasteiger partial charge in [-0.1, -0.05) is 42.5 Å². The van der Waals surface area contributed by atoms with Crippen LogP contribution in [0.3, 0.4) is 0 Å². The highest BCUT2D eigenvalue weighted by Gasteiger charge is 2.23. The molecule has 4 aromatic carbocycles. The zero-order valence-corrected chi connectivity index (χ0v) is 16.8. The van der Waals surface area contributed by atoms with Gasteiger partial charge in [-0.15, -0.1) is 0 Å². The fourth-order valence-electron chi connectivity index (χ4n) is 2.96. The molecule has 0 saturated heterocycles. The van der Waals surface area contributed by atoms with Crippen LogP contribution in [0, 0.1) is 0 Å². The van der Waals surface area contributed by atoms with Crippen molar-refractivity contribution in [2.75, 3.05) is 15.4 Å². The van der Waals surface area contributed by atoms with Gasteiger partial charge in [0.1, 0.15) is 17.1 Å². The molecule has 31 heavy (non-hydrogen) atoms. The average molecular weight is 435 g/mol. The Bertz CT molecular complexity index is 1430. The van der Waals surface area contributed by atoms with Gasteiger partial charge in [-0.05, 0) is 36.4 Å². The molecule has 4 aromatic rings. The average Bonchev–Trinajstić information content (AvgIpc) is 2.78. The van der Waals surface area contributed by atoms with Crippen molar-refractivity contribution in [3.8, 4) is 5.75 Å². The van der Waals surface area contributed by atoms with E-state index in [2.05, 4.69) is 15.4 Å². The molecule has 0 heterocycles. The molecular formula is C22H17N3O5S. The summed E-state index contributed by atoms with van der Waals surface area (Å²) in [6.45, 7) is 0. The van der Waals surface area contributed by atoms with Crippen molar-refractivity contribution in [2.45, 2.75) is 4.90 Å². The molecule has 0 fully saturated rings. The Hall–Kier alpha value is -4.11. The quantitative estimate of drug-likeness (QED) is 0.259. The summed E-state index contributed by atoms with van der Waals surface area (Å²) in [6.07, 6.45) is 0. The second-order valence-electron chi connectivity index (χ2n) is 6.64. The van der Waals surface area contributed by atoms with Crippen LogP contribution in [0.4, 0.5) is 28.4 Å². The lowest BCUT2D eigenvalue weighted by Gasteiger charge is -2.18. The van der Waals surface area contributed by atoms with E-state index in [0.29, 0.717) is 0 Å². The zero-order chi connectivity index (χ0) is 22.0. The zero-order valence-electron chi connectivity index (χ0n) is 16.0. The maximum atomic E-state index is 12.7. The highest BCUT2D eigenvalue weighted by Crippen LogP contribution is 2.32. The fraction of sp³-hybridized carbons (Fsp3) is 0. The molecule has 4 rings (SSSR count). The van der Waals surface area contributed by atoms with Crippen LogP contribution >= 0.6 is 0 Å². The minimum absolute atomic E-state index is 0.0211. The lowest BCUT2D eigenvalue weighted by Crippen LogP contribution is -2.36. The highest BCUT2D eigenvalue weighted by atomic mass is 32.2. The smallest absolute Gasteiger partial charge is 0.261 e. The van der Waals surface area contributed by atoms with Crippen molar-refractivity contribution in [3.63, 3.8) is 0 Å². The number of hydrogen-bond donors (Lipinski definition) is 4. The minimum atomic E-state index is -3.86. The van der Waals surface area contributed by atoms with Crippen molar-refractivity contribution >= 4 is 38.5 Å². The Kier molecular flexibility index (Phi) is 5.18. The number of rotatable bonds is 7. The van der Waals surface area contributed by atoms with E-state index in [0.717, 1.165) is 0 Å². The monoisotopic (exact) mass is 435 g/mol. The third kappa shape index (κ3) is 3.99. The van der Waals surface area contributed by atoms with E-state index in [1.807, 2.05) is 0 Å². The summed E-state index contributed by atoms with van der Waals surface area (Å²) in [6, 6.07) is 20.5. The van der Waals surface area contributed by atoms with E-state index < -0.39 is 20.9 Å². The van der Waals surface area contributed by atoms with Crippen LogP contribution in [0.2, 0.25) is 0 Å². The lowest BCUT2D eigenvalue weighted by molar-refractivity contribution is 0.478. The van der Waals surface area contributed by atoms with Gasteiger partial charge in [-0.3, -0.25) is 14.3 Å². The van der Waals surface area contributed by atoms with E-state index in [-0.39, 0.29) is 39.1 Å². The van der Waals surface area contributed by atoms with E-state index in [4.69, 9.17) is 0 Å². The van der Waals surface area contributed by atoms with Gasteiger partial charge in [0.15, 0.2) is 0 Å². The standard InChI is InChI=1S/C22H17N3O5S/c26-18-13-7-6-12-17(18)24-20-19(21(27)22(20)28)23-15-10-4-5-11-16(15)25-31(29,30)14-8-2-1-3-9-14/h1-13,23-26H. The third-order valence-electron chi connectivity index (χ3n) is 4.56. The number of phenolic OH excluding ortho intramolecular Hbond substituents is 1. The van der Waals surface area contributed by atoms with Crippen LogP contribution in [0.25, 0.3) is 0 Å². The Balaban J connectivity index is 1.64. The van der Waals surface area contributed by atoms with Gasteiger partial charge in [0.2, 0.25) is 0 Å². The topological polar surface area (TPSA) is 125 Å². The molecule has 156 valence electrons. The molecule has 9 heteroatoms. The van der Waals surface area contributed by atoms with E-state index in [1.165, 1.54) is 24.3 Å². The molecular weight excluding hydrogens is 418 g/mol. The molecule has 0 aliphatic carbocycles. The van der Waals surface area contributed by atoms with Crippen molar-refractivity contribution in [2.24, 2.45) is 0 Å². The van der Waals surface area contributed by atoms with Crippen LogP contribution in [-0.4, -0.2) is 13.5 Å². The summed E-state index contributed by atoms with van der Waals surface area (Å²) in [5.41, 5.74) is -0.795. The second-order valence-corrected chi connectivity index (χ2v) is 8.32. The van der Waals surface area contributed by atoms with E-state index in [9.17, 15) is 23.1 Å². The summed E-state index contributed by atoms with van der Waals surface area (Å²) < 4.78 is 27.8. The molecule has 0 saturated carbocycles.